The predicted molar refractivity (Wildman–Crippen MR) is 94.2 cm³/mol. The van der Waals surface area contributed by atoms with Crippen molar-refractivity contribution in [3.8, 4) is 11.1 Å². The molecule has 0 unspecified atom stereocenters. The molecule has 0 aliphatic heterocycles. The van der Waals surface area contributed by atoms with Crippen LogP contribution in [0.5, 0.6) is 0 Å². The topological polar surface area (TPSA) is 87.2 Å². The minimum absolute atomic E-state index is 0.504. The molecule has 0 spiro atoms. The first-order valence-electron chi connectivity index (χ1n) is 7.20. The minimum atomic E-state index is 0.504. The number of aromatic amines is 2. The number of benzene rings is 1. The van der Waals surface area contributed by atoms with Gasteiger partial charge >= 0.3 is 0 Å². The third-order valence-corrected chi connectivity index (χ3v) is 4.67. The Morgan fingerprint density at radius 2 is 2.17 bits per heavy atom. The van der Waals surface area contributed by atoms with E-state index < -0.39 is 0 Å². The smallest absolute Gasteiger partial charge is 0.224 e. The molecule has 0 bridgehead atoms. The van der Waals surface area contributed by atoms with Gasteiger partial charge in [-0.2, -0.15) is 5.10 Å². The molecule has 0 aliphatic carbocycles. The molecule has 122 valence electrons. The number of halogens is 2. The maximum atomic E-state index is 6.36. The second-order valence-electron chi connectivity index (χ2n) is 5.37. The zero-order chi connectivity index (χ0) is 16.7. The fourth-order valence-electron chi connectivity index (χ4n) is 2.72. The van der Waals surface area contributed by atoms with E-state index in [0.29, 0.717) is 22.5 Å². The van der Waals surface area contributed by atoms with E-state index in [1.54, 1.807) is 18.6 Å². The number of H-pyrrole nitrogens is 2. The van der Waals surface area contributed by atoms with Crippen molar-refractivity contribution in [3.63, 3.8) is 0 Å². The van der Waals surface area contributed by atoms with E-state index in [9.17, 15) is 0 Å². The molecule has 9 heteroatoms. The van der Waals surface area contributed by atoms with Gasteiger partial charge in [-0.1, -0.05) is 29.3 Å². The third kappa shape index (κ3) is 2.42. The summed E-state index contributed by atoms with van der Waals surface area (Å²) >= 11 is 12.5. The molecular formula is C15H13Cl2N7. The fraction of sp³-hybridized carbons (Fsp3) is 0.133. The number of hydrogen-bond donors (Lipinski definition) is 3. The van der Waals surface area contributed by atoms with Crippen LogP contribution in [0.1, 0.15) is 5.69 Å². The van der Waals surface area contributed by atoms with Crippen molar-refractivity contribution in [2.75, 3.05) is 5.32 Å². The third-order valence-electron chi connectivity index (χ3n) is 3.86. The molecular weight excluding hydrogens is 349 g/mol. The van der Waals surface area contributed by atoms with E-state index in [-0.39, 0.29) is 0 Å². The normalized spacial score (nSPS) is 11.3. The molecule has 7 nitrogen and oxygen atoms in total. The minimum Gasteiger partial charge on any atom is -0.355 e. The summed E-state index contributed by atoms with van der Waals surface area (Å²) in [6, 6.07) is 3.75. The van der Waals surface area contributed by atoms with Gasteiger partial charge in [-0.05, 0) is 6.07 Å². The quantitative estimate of drug-likeness (QED) is 0.518. The van der Waals surface area contributed by atoms with Crippen molar-refractivity contribution in [3.05, 3.63) is 46.6 Å². The molecule has 0 saturated carbocycles. The van der Waals surface area contributed by atoms with Gasteiger partial charge in [-0.25, -0.2) is 0 Å². The Morgan fingerprint density at radius 3 is 2.88 bits per heavy atom. The summed E-state index contributed by atoms with van der Waals surface area (Å²) in [5.74, 6) is 0.677. The van der Waals surface area contributed by atoms with Crippen LogP contribution in [0, 0.1) is 0 Å². The highest BCUT2D eigenvalue weighted by Gasteiger charge is 2.17. The summed E-state index contributed by atoms with van der Waals surface area (Å²) < 4.78 is 1.81. The number of nitrogens with zero attached hydrogens (tertiary/aromatic N) is 4. The van der Waals surface area contributed by atoms with Crippen LogP contribution in [0.4, 0.5) is 5.95 Å². The van der Waals surface area contributed by atoms with Crippen LogP contribution in [0.3, 0.4) is 0 Å². The molecule has 24 heavy (non-hydrogen) atoms. The lowest BCUT2D eigenvalue weighted by Gasteiger charge is -2.06. The summed E-state index contributed by atoms with van der Waals surface area (Å²) in [4.78, 5) is 3.37. The number of aryl methyl sites for hydroxylation is 1. The van der Waals surface area contributed by atoms with Gasteiger partial charge in [0.2, 0.25) is 5.95 Å². The Bertz CT molecular complexity index is 1000. The Labute approximate surface area is 147 Å². The maximum absolute atomic E-state index is 6.36. The lowest BCUT2D eigenvalue weighted by atomic mass is 10.1. The second kappa shape index (κ2) is 5.85. The summed E-state index contributed by atoms with van der Waals surface area (Å²) in [6.07, 6.45) is 5.26. The number of rotatable bonds is 4. The van der Waals surface area contributed by atoms with Crippen LogP contribution >= 0.6 is 23.2 Å². The number of nitrogens with one attached hydrogen (secondary N) is 3. The largest absolute Gasteiger partial charge is 0.355 e. The van der Waals surface area contributed by atoms with Crippen LogP contribution in [0.15, 0.2) is 30.9 Å². The van der Waals surface area contributed by atoms with Crippen LogP contribution in [0.2, 0.25) is 10.0 Å². The number of fused-ring (bicyclic) bond motifs is 1. The van der Waals surface area contributed by atoms with Crippen LogP contribution in [-0.4, -0.2) is 29.9 Å². The molecule has 0 radical (unpaired) electrons. The zero-order valence-electron chi connectivity index (χ0n) is 12.6. The van der Waals surface area contributed by atoms with Gasteiger partial charge in [0.1, 0.15) is 6.33 Å². The predicted octanol–water partition coefficient (Wildman–Crippen LogP) is 3.61. The molecule has 0 atom stereocenters. The number of anilines is 1. The molecule has 0 aliphatic rings. The van der Waals surface area contributed by atoms with E-state index in [1.807, 2.05) is 23.9 Å². The molecule has 3 N–H and O–H groups in total. The first-order chi connectivity index (χ1) is 11.6. The van der Waals surface area contributed by atoms with E-state index >= 15 is 0 Å². The van der Waals surface area contributed by atoms with Crippen LogP contribution in [0.25, 0.3) is 22.0 Å². The van der Waals surface area contributed by atoms with Crippen molar-refractivity contribution < 1.29 is 0 Å². The maximum Gasteiger partial charge on any atom is 0.224 e. The summed E-state index contributed by atoms with van der Waals surface area (Å²) in [6.45, 7) is 0.523. The summed E-state index contributed by atoms with van der Waals surface area (Å²) in [7, 11) is 1.88. The van der Waals surface area contributed by atoms with Crippen molar-refractivity contribution in [1.29, 1.82) is 0 Å². The first kappa shape index (κ1) is 15.0. The molecule has 4 rings (SSSR count). The van der Waals surface area contributed by atoms with Crippen LogP contribution in [-0.2, 0) is 13.6 Å². The molecule has 3 heterocycles. The Balaban J connectivity index is 1.83. The molecule has 1 aromatic carbocycles. The van der Waals surface area contributed by atoms with Crippen LogP contribution < -0.4 is 5.32 Å². The van der Waals surface area contributed by atoms with Crippen molar-refractivity contribution in [2.24, 2.45) is 7.05 Å². The second-order valence-corrected chi connectivity index (χ2v) is 6.15. The molecule has 3 aromatic heterocycles. The number of hydrogen-bond acceptors (Lipinski definition) is 4. The van der Waals surface area contributed by atoms with E-state index in [1.165, 1.54) is 0 Å². The van der Waals surface area contributed by atoms with Crippen molar-refractivity contribution >= 4 is 40.1 Å². The lowest BCUT2D eigenvalue weighted by molar-refractivity contribution is 0.894. The molecule has 4 aromatic rings. The average molecular weight is 362 g/mol. The number of aromatic nitrogens is 6. The zero-order valence-corrected chi connectivity index (χ0v) is 14.2. The fourth-order valence-corrected chi connectivity index (χ4v) is 3.09. The Morgan fingerprint density at radius 1 is 1.29 bits per heavy atom. The van der Waals surface area contributed by atoms with Crippen molar-refractivity contribution in [2.45, 2.75) is 6.54 Å². The highest BCUT2D eigenvalue weighted by atomic mass is 35.5. The monoisotopic (exact) mass is 361 g/mol. The van der Waals surface area contributed by atoms with Gasteiger partial charge in [-0.15, -0.1) is 10.2 Å². The van der Waals surface area contributed by atoms with Crippen molar-refractivity contribution in [1.82, 2.24) is 29.9 Å². The SMILES string of the molecule is Cn1cnnc1NCc1[nH]c2c(Cl)c(Cl)ccc2c1-c1cn[nH]c1. The van der Waals surface area contributed by atoms with E-state index in [4.69, 9.17) is 23.2 Å². The van der Waals surface area contributed by atoms with Gasteiger partial charge in [0.25, 0.3) is 0 Å². The van der Waals surface area contributed by atoms with Gasteiger partial charge in [-0.3, -0.25) is 5.10 Å². The molecule has 0 saturated heterocycles. The highest BCUT2D eigenvalue weighted by Crippen LogP contribution is 2.38. The lowest BCUT2D eigenvalue weighted by Crippen LogP contribution is -2.05. The first-order valence-corrected chi connectivity index (χ1v) is 7.96. The van der Waals surface area contributed by atoms with E-state index in [2.05, 4.69) is 30.7 Å². The standard InChI is InChI=1S/C15H13Cl2N7/c1-24-7-21-23-15(24)18-6-11-12(8-4-19-20-5-8)9-2-3-10(16)13(17)14(9)22-11/h2-5,7,22H,6H2,1H3,(H,18,23)(H,19,20). The Kier molecular flexibility index (Phi) is 3.66. The highest BCUT2D eigenvalue weighted by molar-refractivity contribution is 6.45. The van der Waals surface area contributed by atoms with E-state index in [0.717, 1.165) is 27.7 Å². The van der Waals surface area contributed by atoms with Gasteiger partial charge in [0, 0.05) is 35.5 Å². The van der Waals surface area contributed by atoms with Gasteiger partial charge in [0.05, 0.1) is 28.3 Å². The van der Waals surface area contributed by atoms with Gasteiger partial charge in [0.15, 0.2) is 0 Å². The Hall–Kier alpha value is -2.51. The summed E-state index contributed by atoms with van der Waals surface area (Å²) in [5, 5.41) is 20.0. The van der Waals surface area contributed by atoms with Gasteiger partial charge < -0.3 is 14.9 Å². The molecule has 0 amide bonds. The average Bonchev–Trinajstić information content (AvgIpc) is 3.28. The molecule has 0 fully saturated rings. The summed E-state index contributed by atoms with van der Waals surface area (Å²) in [5.41, 5.74) is 3.75.